The summed E-state index contributed by atoms with van der Waals surface area (Å²) in [6, 6.07) is 5.98. The van der Waals surface area contributed by atoms with Gasteiger partial charge >= 0.3 is 11.7 Å². The molecule has 2 aromatic rings. The van der Waals surface area contributed by atoms with E-state index in [4.69, 9.17) is 4.74 Å². The molecule has 0 unspecified atom stereocenters. The Labute approximate surface area is 162 Å². The molecule has 8 nitrogen and oxygen atoms in total. The van der Waals surface area contributed by atoms with Crippen molar-refractivity contribution in [1.82, 2.24) is 9.13 Å². The van der Waals surface area contributed by atoms with Crippen LogP contribution in [-0.2, 0) is 14.3 Å². The van der Waals surface area contributed by atoms with Gasteiger partial charge in [0.05, 0.1) is 12.8 Å². The van der Waals surface area contributed by atoms with Gasteiger partial charge in [0.2, 0.25) is 5.82 Å². The summed E-state index contributed by atoms with van der Waals surface area (Å²) in [4.78, 5) is 61.0. The van der Waals surface area contributed by atoms with Crippen molar-refractivity contribution in [3.8, 4) is 0 Å². The zero-order valence-electron chi connectivity index (χ0n) is 15.1. The summed E-state index contributed by atoms with van der Waals surface area (Å²) in [5.41, 5.74) is -2.65. The molecule has 0 aliphatic carbocycles. The SMILES string of the molecule is CCOC(=O)[C@@H](CSC(C)=O)n1cc(F)c(=O)n(C(=O)c2ccccc2)c1=O. The first-order chi connectivity index (χ1) is 13.3. The van der Waals surface area contributed by atoms with Gasteiger partial charge in [-0.3, -0.25) is 19.0 Å². The lowest BCUT2D eigenvalue weighted by molar-refractivity contribution is -0.146. The summed E-state index contributed by atoms with van der Waals surface area (Å²) in [6.07, 6.45) is 0.543. The number of rotatable bonds is 6. The lowest BCUT2D eigenvalue weighted by atomic mass is 10.2. The minimum absolute atomic E-state index is 0.00959. The molecular formula is C18H17FN2O6S. The van der Waals surface area contributed by atoms with Crippen molar-refractivity contribution in [1.29, 1.82) is 0 Å². The number of halogens is 1. The number of esters is 1. The monoisotopic (exact) mass is 408 g/mol. The third kappa shape index (κ3) is 4.63. The fourth-order valence-corrected chi connectivity index (χ4v) is 3.04. The highest BCUT2D eigenvalue weighted by atomic mass is 32.2. The van der Waals surface area contributed by atoms with E-state index in [1.54, 1.807) is 6.07 Å². The quantitative estimate of drug-likeness (QED) is 0.662. The van der Waals surface area contributed by atoms with Crippen molar-refractivity contribution in [2.24, 2.45) is 0 Å². The van der Waals surface area contributed by atoms with Crippen LogP contribution in [-0.4, -0.2) is 38.5 Å². The molecule has 1 atom stereocenters. The van der Waals surface area contributed by atoms with Crippen molar-refractivity contribution in [2.75, 3.05) is 12.4 Å². The van der Waals surface area contributed by atoms with Gasteiger partial charge in [-0.1, -0.05) is 30.0 Å². The summed E-state index contributed by atoms with van der Waals surface area (Å²) >= 11 is 0.724. The fourth-order valence-electron chi connectivity index (χ4n) is 2.35. The van der Waals surface area contributed by atoms with E-state index >= 15 is 0 Å². The highest BCUT2D eigenvalue weighted by Gasteiger charge is 2.28. The molecule has 10 heteroatoms. The molecule has 0 N–H and O–H groups in total. The van der Waals surface area contributed by atoms with E-state index in [9.17, 15) is 28.4 Å². The van der Waals surface area contributed by atoms with Crippen LogP contribution < -0.4 is 11.2 Å². The molecule has 0 spiro atoms. The number of nitrogens with zero attached hydrogens (tertiary/aromatic N) is 2. The van der Waals surface area contributed by atoms with Crippen LogP contribution in [0.3, 0.4) is 0 Å². The maximum atomic E-state index is 14.2. The Bertz CT molecular complexity index is 1010. The summed E-state index contributed by atoms with van der Waals surface area (Å²) in [6.45, 7) is 2.78. The molecule has 0 bridgehead atoms. The molecule has 1 aromatic heterocycles. The third-order valence-electron chi connectivity index (χ3n) is 3.63. The number of ether oxygens (including phenoxy) is 1. The number of carbonyl (C=O) groups is 3. The van der Waals surface area contributed by atoms with E-state index in [2.05, 4.69) is 0 Å². The lowest BCUT2D eigenvalue weighted by Gasteiger charge is -2.18. The Hall–Kier alpha value is -3.01. The maximum absolute atomic E-state index is 14.2. The second-order valence-corrected chi connectivity index (χ2v) is 6.75. The van der Waals surface area contributed by atoms with Crippen LogP contribution in [0, 0.1) is 5.82 Å². The average Bonchev–Trinajstić information content (AvgIpc) is 2.66. The summed E-state index contributed by atoms with van der Waals surface area (Å²) < 4.78 is 19.8. The molecule has 0 aliphatic heterocycles. The fraction of sp³-hybridized carbons (Fsp3) is 0.278. The van der Waals surface area contributed by atoms with Crippen molar-refractivity contribution >= 4 is 28.8 Å². The van der Waals surface area contributed by atoms with Gasteiger partial charge in [-0.25, -0.2) is 9.59 Å². The predicted molar refractivity (Wildman–Crippen MR) is 99.9 cm³/mol. The molecule has 2 rings (SSSR count). The summed E-state index contributed by atoms with van der Waals surface area (Å²) in [5.74, 6) is -3.56. The van der Waals surface area contributed by atoms with E-state index in [1.807, 2.05) is 0 Å². The first-order valence-corrected chi connectivity index (χ1v) is 9.20. The topological polar surface area (TPSA) is 104 Å². The smallest absolute Gasteiger partial charge is 0.339 e. The van der Waals surface area contributed by atoms with E-state index in [-0.39, 0.29) is 27.6 Å². The van der Waals surface area contributed by atoms with E-state index in [0.29, 0.717) is 10.8 Å². The van der Waals surface area contributed by atoms with Crippen molar-refractivity contribution in [3.05, 3.63) is 68.7 Å². The molecular weight excluding hydrogens is 391 g/mol. The Morgan fingerprint density at radius 3 is 2.39 bits per heavy atom. The maximum Gasteiger partial charge on any atom is 0.339 e. The van der Waals surface area contributed by atoms with Gasteiger partial charge < -0.3 is 4.74 Å². The Morgan fingerprint density at radius 1 is 1.18 bits per heavy atom. The molecule has 0 aliphatic rings. The van der Waals surface area contributed by atoms with Gasteiger partial charge in [0, 0.05) is 18.2 Å². The van der Waals surface area contributed by atoms with E-state index in [0.717, 1.165) is 11.8 Å². The van der Waals surface area contributed by atoms with Crippen LogP contribution in [0.5, 0.6) is 0 Å². The number of benzene rings is 1. The first kappa shape index (κ1) is 21.3. The summed E-state index contributed by atoms with van der Waals surface area (Å²) in [5, 5.41) is -0.337. The largest absolute Gasteiger partial charge is 0.464 e. The molecule has 0 saturated heterocycles. The van der Waals surface area contributed by atoms with Gasteiger partial charge in [-0.2, -0.15) is 8.96 Å². The molecule has 148 valence electrons. The summed E-state index contributed by atoms with van der Waals surface area (Å²) in [7, 11) is 0. The van der Waals surface area contributed by atoms with E-state index < -0.39 is 35.0 Å². The average molecular weight is 408 g/mol. The highest BCUT2D eigenvalue weighted by Crippen LogP contribution is 2.16. The van der Waals surface area contributed by atoms with E-state index in [1.165, 1.54) is 38.1 Å². The highest BCUT2D eigenvalue weighted by molar-refractivity contribution is 8.13. The third-order valence-corrected chi connectivity index (χ3v) is 4.52. The molecule has 28 heavy (non-hydrogen) atoms. The van der Waals surface area contributed by atoms with Crippen molar-refractivity contribution in [2.45, 2.75) is 19.9 Å². The number of aromatic nitrogens is 2. The minimum atomic E-state index is -1.43. The van der Waals surface area contributed by atoms with Gasteiger partial charge in [0.25, 0.3) is 11.5 Å². The van der Waals surface area contributed by atoms with Crippen LogP contribution in [0.1, 0.15) is 30.2 Å². The van der Waals surface area contributed by atoms with Crippen LogP contribution >= 0.6 is 11.8 Å². The molecule has 0 radical (unpaired) electrons. The molecule has 1 aromatic carbocycles. The molecule has 0 saturated carbocycles. The number of thioether (sulfide) groups is 1. The Kier molecular flexibility index (Phi) is 7.05. The molecule has 1 heterocycles. The number of hydrogen-bond donors (Lipinski definition) is 0. The molecule has 0 amide bonds. The second-order valence-electron chi connectivity index (χ2n) is 5.55. The number of carbonyl (C=O) groups excluding carboxylic acids is 3. The van der Waals surface area contributed by atoms with Gasteiger partial charge in [0.15, 0.2) is 5.12 Å². The van der Waals surface area contributed by atoms with Gasteiger partial charge in [-0.15, -0.1) is 0 Å². The van der Waals surface area contributed by atoms with Crippen LogP contribution in [0.4, 0.5) is 4.39 Å². The predicted octanol–water partition coefficient (Wildman–Crippen LogP) is 1.22. The number of hydrogen-bond acceptors (Lipinski definition) is 7. The zero-order valence-corrected chi connectivity index (χ0v) is 15.9. The van der Waals surface area contributed by atoms with Crippen molar-refractivity contribution in [3.63, 3.8) is 0 Å². The van der Waals surface area contributed by atoms with Crippen LogP contribution in [0.25, 0.3) is 0 Å². The Morgan fingerprint density at radius 2 is 1.82 bits per heavy atom. The normalized spacial score (nSPS) is 11.7. The lowest BCUT2D eigenvalue weighted by Crippen LogP contribution is -2.47. The molecule has 0 fully saturated rings. The van der Waals surface area contributed by atoms with Gasteiger partial charge in [0.1, 0.15) is 6.04 Å². The minimum Gasteiger partial charge on any atom is -0.464 e. The first-order valence-electron chi connectivity index (χ1n) is 8.21. The van der Waals surface area contributed by atoms with Crippen molar-refractivity contribution < 1.29 is 23.5 Å². The standard InChI is InChI=1S/C18H17FN2O6S/c1-3-27-17(25)14(10-28-11(2)22)20-9-13(19)16(24)21(18(20)26)15(23)12-7-5-4-6-8-12/h4-9,14H,3,10H2,1-2H3/t14-/m1/s1. The van der Waals surface area contributed by atoms with Gasteiger partial charge in [-0.05, 0) is 19.1 Å². The van der Waals surface area contributed by atoms with Crippen LogP contribution in [0.15, 0.2) is 46.1 Å². The Balaban J connectivity index is 2.63. The second kappa shape index (κ2) is 9.27. The zero-order chi connectivity index (χ0) is 20.8. The van der Waals surface area contributed by atoms with Crippen LogP contribution in [0.2, 0.25) is 0 Å².